The quantitative estimate of drug-likeness (QED) is 0.369. The van der Waals surface area contributed by atoms with Crippen molar-refractivity contribution in [2.24, 2.45) is 10.2 Å². The summed E-state index contributed by atoms with van der Waals surface area (Å²) in [5.41, 5.74) is 0.125. The van der Waals surface area contributed by atoms with Crippen molar-refractivity contribution < 1.29 is 32.2 Å². The summed E-state index contributed by atoms with van der Waals surface area (Å²) in [6, 6.07) is 2.97. The Kier molecular flexibility index (Phi) is 6.17. The van der Waals surface area contributed by atoms with Gasteiger partial charge in [-0.25, -0.2) is 9.18 Å². The second-order valence-electron chi connectivity index (χ2n) is 4.34. The average molecular weight is 373 g/mol. The number of alkyl halides is 2. The minimum atomic E-state index is -3.09. The smallest absolute Gasteiger partial charge is 0.387 e. The van der Waals surface area contributed by atoms with E-state index < -0.39 is 24.3 Å². The van der Waals surface area contributed by atoms with Crippen LogP contribution in [0.5, 0.6) is 5.75 Å². The Morgan fingerprint density at radius 3 is 2.80 bits per heavy atom. The van der Waals surface area contributed by atoms with Gasteiger partial charge in [-0.2, -0.15) is 13.9 Å². The highest BCUT2D eigenvalue weighted by Gasteiger charge is 2.24. The van der Waals surface area contributed by atoms with Crippen molar-refractivity contribution in [3.05, 3.63) is 40.6 Å². The number of hydrogen-bond donors (Lipinski definition) is 1. The average Bonchev–Trinajstić information content (AvgIpc) is 2.85. The summed E-state index contributed by atoms with van der Waals surface area (Å²) in [5.74, 6) is -2.41. The standard InChI is InChI=1S/C14H10F3N3O4S/c1-23-11(21)5-10-12(22)19-14(25-10)20-18-6-7-2-8(15)4-9(3-7)24-13(16)17/h2-6,13H,1H3,(H,19,20,22)/b10-5+,18-6?. The molecular weight excluding hydrogens is 363 g/mol. The van der Waals surface area contributed by atoms with Gasteiger partial charge >= 0.3 is 12.6 Å². The van der Waals surface area contributed by atoms with E-state index in [1.807, 2.05) is 0 Å². The van der Waals surface area contributed by atoms with E-state index in [2.05, 4.69) is 25.0 Å². The van der Waals surface area contributed by atoms with Crippen molar-refractivity contribution in [1.82, 2.24) is 5.32 Å². The predicted molar refractivity (Wildman–Crippen MR) is 83.9 cm³/mol. The minimum absolute atomic E-state index is 0.0687. The van der Waals surface area contributed by atoms with Crippen LogP contribution in [0.4, 0.5) is 13.2 Å². The molecule has 2 rings (SSSR count). The number of ether oxygens (including phenoxy) is 2. The summed E-state index contributed by atoms with van der Waals surface area (Å²) < 4.78 is 46.1. The first-order chi connectivity index (χ1) is 11.9. The third kappa shape index (κ3) is 5.64. The van der Waals surface area contributed by atoms with Crippen molar-refractivity contribution in [3.63, 3.8) is 0 Å². The van der Waals surface area contributed by atoms with Gasteiger partial charge in [0.2, 0.25) is 0 Å². The van der Waals surface area contributed by atoms with Crippen LogP contribution in [-0.2, 0) is 14.3 Å². The van der Waals surface area contributed by atoms with E-state index in [1.165, 1.54) is 7.11 Å². The predicted octanol–water partition coefficient (Wildman–Crippen LogP) is 2.04. The van der Waals surface area contributed by atoms with E-state index >= 15 is 0 Å². The number of amides is 1. The van der Waals surface area contributed by atoms with Crippen molar-refractivity contribution in [3.8, 4) is 5.75 Å². The second-order valence-corrected chi connectivity index (χ2v) is 5.37. The van der Waals surface area contributed by atoms with Gasteiger partial charge in [0.15, 0.2) is 5.17 Å². The molecule has 1 aromatic rings. The van der Waals surface area contributed by atoms with E-state index in [9.17, 15) is 22.8 Å². The van der Waals surface area contributed by atoms with Gasteiger partial charge in [-0.3, -0.25) is 10.1 Å². The zero-order chi connectivity index (χ0) is 18.4. The van der Waals surface area contributed by atoms with Crippen molar-refractivity contribution in [1.29, 1.82) is 0 Å². The van der Waals surface area contributed by atoms with Crippen LogP contribution in [-0.4, -0.2) is 37.0 Å². The molecule has 0 unspecified atom stereocenters. The Morgan fingerprint density at radius 1 is 1.36 bits per heavy atom. The summed E-state index contributed by atoms with van der Waals surface area (Å²) in [5, 5.41) is 9.75. The molecule has 132 valence electrons. The highest BCUT2D eigenvalue weighted by Crippen LogP contribution is 2.23. The van der Waals surface area contributed by atoms with Gasteiger partial charge in [-0.05, 0) is 23.9 Å². The lowest BCUT2D eigenvalue weighted by Crippen LogP contribution is -2.19. The first-order valence-electron chi connectivity index (χ1n) is 6.52. The number of thioether (sulfide) groups is 1. The molecule has 1 heterocycles. The molecule has 0 saturated carbocycles. The Hall–Kier alpha value is -2.82. The lowest BCUT2D eigenvalue weighted by Gasteiger charge is -2.04. The monoisotopic (exact) mass is 373 g/mol. The summed E-state index contributed by atoms with van der Waals surface area (Å²) >= 11 is 0.850. The fourth-order valence-corrected chi connectivity index (χ4v) is 2.36. The van der Waals surface area contributed by atoms with Crippen LogP contribution >= 0.6 is 11.8 Å². The number of carbonyl (C=O) groups excluding carboxylic acids is 2. The zero-order valence-corrected chi connectivity index (χ0v) is 13.4. The number of nitrogens with one attached hydrogen (secondary N) is 1. The van der Waals surface area contributed by atoms with Gasteiger partial charge in [-0.15, -0.1) is 5.10 Å². The third-order valence-electron chi connectivity index (χ3n) is 2.58. The van der Waals surface area contributed by atoms with E-state index in [-0.39, 0.29) is 21.4 Å². The SMILES string of the molecule is COC(=O)/C=C1/S/C(=N\N=Cc2cc(F)cc(OC(F)F)c2)NC1=O. The highest BCUT2D eigenvalue weighted by atomic mass is 32.2. The van der Waals surface area contributed by atoms with E-state index in [1.54, 1.807) is 0 Å². The number of methoxy groups -OCH3 is 1. The molecule has 0 aliphatic carbocycles. The van der Waals surface area contributed by atoms with Crippen LogP contribution in [0.15, 0.2) is 39.4 Å². The number of esters is 1. The number of benzene rings is 1. The molecule has 1 aliphatic heterocycles. The van der Waals surface area contributed by atoms with Crippen LogP contribution in [0.25, 0.3) is 0 Å². The Labute approximate surface area is 143 Å². The van der Waals surface area contributed by atoms with Gasteiger partial charge in [0.25, 0.3) is 5.91 Å². The van der Waals surface area contributed by atoms with E-state index in [4.69, 9.17) is 0 Å². The van der Waals surface area contributed by atoms with Gasteiger partial charge < -0.3 is 9.47 Å². The highest BCUT2D eigenvalue weighted by molar-refractivity contribution is 8.18. The Bertz CT molecular complexity index is 781. The number of rotatable bonds is 5. The van der Waals surface area contributed by atoms with Crippen molar-refractivity contribution in [2.45, 2.75) is 6.61 Å². The molecule has 11 heteroatoms. The maximum Gasteiger partial charge on any atom is 0.387 e. The maximum atomic E-state index is 13.3. The maximum absolute atomic E-state index is 13.3. The topological polar surface area (TPSA) is 89.3 Å². The van der Waals surface area contributed by atoms with Crippen LogP contribution in [0.3, 0.4) is 0 Å². The molecule has 25 heavy (non-hydrogen) atoms. The molecule has 0 bridgehead atoms. The summed E-state index contributed by atoms with van der Waals surface area (Å²) in [4.78, 5) is 22.7. The first-order valence-corrected chi connectivity index (χ1v) is 7.34. The van der Waals surface area contributed by atoms with E-state index in [0.29, 0.717) is 0 Å². The van der Waals surface area contributed by atoms with E-state index in [0.717, 1.165) is 42.3 Å². The number of hydrogen-bond acceptors (Lipinski definition) is 7. The van der Waals surface area contributed by atoms with Crippen molar-refractivity contribution in [2.75, 3.05) is 7.11 Å². The van der Waals surface area contributed by atoms with Crippen LogP contribution in [0.1, 0.15) is 5.56 Å². The molecule has 0 spiro atoms. The van der Waals surface area contributed by atoms with Gasteiger partial charge in [0.05, 0.1) is 18.2 Å². The Balaban J connectivity index is 2.09. The minimum Gasteiger partial charge on any atom is -0.466 e. The number of amidine groups is 1. The normalized spacial score (nSPS) is 17.6. The molecule has 1 aliphatic rings. The molecule has 1 fully saturated rings. The van der Waals surface area contributed by atoms with Gasteiger partial charge in [-0.1, -0.05) is 0 Å². The summed E-state index contributed by atoms with van der Waals surface area (Å²) in [6.07, 6.45) is 2.08. The first kappa shape index (κ1) is 18.5. The van der Waals surface area contributed by atoms with Crippen LogP contribution in [0, 0.1) is 5.82 Å². The lowest BCUT2D eigenvalue weighted by atomic mass is 10.2. The van der Waals surface area contributed by atoms with Gasteiger partial charge in [0, 0.05) is 17.7 Å². The second kappa shape index (κ2) is 8.33. The zero-order valence-electron chi connectivity index (χ0n) is 12.5. The lowest BCUT2D eigenvalue weighted by molar-refractivity contribution is -0.135. The summed E-state index contributed by atoms with van der Waals surface area (Å²) in [6.45, 7) is -3.09. The largest absolute Gasteiger partial charge is 0.466 e. The molecule has 1 N–H and O–H groups in total. The fourth-order valence-electron chi connectivity index (χ4n) is 1.62. The summed E-state index contributed by atoms with van der Waals surface area (Å²) in [7, 11) is 1.17. The molecule has 0 radical (unpaired) electrons. The number of carbonyl (C=O) groups is 2. The number of nitrogens with zero attached hydrogens (tertiary/aromatic N) is 2. The molecular formula is C14H10F3N3O4S. The fraction of sp³-hybridized carbons (Fsp3) is 0.143. The number of halogens is 3. The molecule has 1 amide bonds. The van der Waals surface area contributed by atoms with Gasteiger partial charge in [0.1, 0.15) is 11.6 Å². The van der Waals surface area contributed by atoms with Crippen LogP contribution < -0.4 is 10.1 Å². The third-order valence-corrected chi connectivity index (χ3v) is 3.48. The molecule has 0 atom stereocenters. The Morgan fingerprint density at radius 2 is 2.12 bits per heavy atom. The van der Waals surface area contributed by atoms with Crippen molar-refractivity contribution >= 4 is 35.0 Å². The molecule has 1 aromatic carbocycles. The molecule has 1 saturated heterocycles. The van der Waals surface area contributed by atoms with Crippen LogP contribution in [0.2, 0.25) is 0 Å². The molecule has 0 aromatic heterocycles. The molecule has 7 nitrogen and oxygen atoms in total.